The lowest BCUT2D eigenvalue weighted by molar-refractivity contribution is -0.142. The average molecular weight is 632 g/mol. The summed E-state index contributed by atoms with van der Waals surface area (Å²) in [6, 6.07) is 7.28. The van der Waals surface area contributed by atoms with Gasteiger partial charge < -0.3 is 52.7 Å². The highest BCUT2D eigenvalue weighted by Crippen LogP contribution is 2.10. The number of esters is 2. The van der Waals surface area contributed by atoms with Crippen LogP contribution in [0.2, 0.25) is 0 Å². The molecule has 0 saturated heterocycles. The molecular formula is C31H53NO12. The van der Waals surface area contributed by atoms with Crippen LogP contribution in [0.4, 0.5) is 5.69 Å². The molecule has 0 radical (unpaired) electrons. The Labute approximate surface area is 262 Å². The van der Waals surface area contributed by atoms with Crippen molar-refractivity contribution in [2.45, 2.75) is 26.7 Å². The molecule has 0 aliphatic heterocycles. The molecule has 0 amide bonds. The molecule has 0 saturated carbocycles. The Hall–Kier alpha value is -2.36. The fourth-order valence-corrected chi connectivity index (χ4v) is 3.30. The molecule has 1 N–H and O–H groups in total. The molecule has 0 aliphatic carbocycles. The van der Waals surface area contributed by atoms with Crippen molar-refractivity contribution in [3.63, 3.8) is 0 Å². The molecule has 44 heavy (non-hydrogen) atoms. The molecule has 1 aromatic carbocycles. The minimum absolute atomic E-state index is 0.188. The van der Waals surface area contributed by atoms with Crippen LogP contribution in [0, 0.1) is 0 Å². The molecule has 0 heterocycles. The summed E-state index contributed by atoms with van der Waals surface area (Å²) >= 11 is 0. The van der Waals surface area contributed by atoms with Crippen molar-refractivity contribution in [1.29, 1.82) is 0 Å². The van der Waals surface area contributed by atoms with Crippen molar-refractivity contribution in [1.82, 2.24) is 0 Å². The monoisotopic (exact) mass is 631 g/mol. The lowest BCUT2D eigenvalue weighted by atomic mass is 10.2. The zero-order chi connectivity index (χ0) is 31.8. The van der Waals surface area contributed by atoms with E-state index >= 15 is 0 Å². The number of nitrogens with one attached hydrogen (secondary N) is 1. The van der Waals surface area contributed by atoms with Crippen LogP contribution in [-0.2, 0) is 52.2 Å². The fourth-order valence-electron chi connectivity index (χ4n) is 3.30. The number of unbranched alkanes of at least 4 members (excludes halogenated alkanes) is 1. The Balaban J connectivity index is 1.73. The van der Waals surface area contributed by atoms with Gasteiger partial charge in [-0.05, 0) is 30.7 Å². The van der Waals surface area contributed by atoms with Crippen molar-refractivity contribution in [2.75, 3.05) is 131 Å². The van der Waals surface area contributed by atoms with Crippen molar-refractivity contribution in [2.24, 2.45) is 0 Å². The summed E-state index contributed by atoms with van der Waals surface area (Å²) in [7, 11) is 0. The number of carbonyl (C=O) groups excluding carboxylic acids is 2. The van der Waals surface area contributed by atoms with Gasteiger partial charge in [-0.15, -0.1) is 0 Å². The van der Waals surface area contributed by atoms with E-state index in [2.05, 4.69) is 12.2 Å². The highest BCUT2D eigenvalue weighted by Gasteiger charge is 2.06. The number of anilines is 1. The van der Waals surface area contributed by atoms with Crippen LogP contribution in [0.5, 0.6) is 0 Å². The van der Waals surface area contributed by atoms with E-state index in [9.17, 15) is 9.59 Å². The summed E-state index contributed by atoms with van der Waals surface area (Å²) in [5, 5.41) is 3.31. The number of benzene rings is 1. The molecule has 0 aromatic heterocycles. The van der Waals surface area contributed by atoms with E-state index in [0.29, 0.717) is 111 Å². The summed E-state index contributed by atoms with van der Waals surface area (Å²) in [4.78, 5) is 22.7. The Bertz CT molecular complexity index is 796. The molecule has 1 aromatic rings. The summed E-state index contributed by atoms with van der Waals surface area (Å²) in [5.74, 6) is -0.678. The Morgan fingerprint density at radius 2 is 0.864 bits per heavy atom. The predicted molar refractivity (Wildman–Crippen MR) is 163 cm³/mol. The summed E-state index contributed by atoms with van der Waals surface area (Å²) in [6.45, 7) is 12.0. The van der Waals surface area contributed by atoms with Crippen molar-refractivity contribution < 1.29 is 57.0 Å². The van der Waals surface area contributed by atoms with E-state index in [1.54, 1.807) is 12.1 Å². The van der Waals surface area contributed by atoms with Gasteiger partial charge in [-0.2, -0.15) is 0 Å². The lowest BCUT2D eigenvalue weighted by Gasteiger charge is -2.09. The molecular weight excluding hydrogens is 578 g/mol. The molecule has 13 nitrogen and oxygen atoms in total. The maximum Gasteiger partial charge on any atom is 0.338 e. The van der Waals surface area contributed by atoms with E-state index < -0.39 is 0 Å². The van der Waals surface area contributed by atoms with Crippen molar-refractivity contribution in [3.8, 4) is 0 Å². The van der Waals surface area contributed by atoms with E-state index in [1.165, 1.54) is 6.92 Å². The Morgan fingerprint density at radius 3 is 1.20 bits per heavy atom. The van der Waals surface area contributed by atoms with Crippen LogP contribution in [0.1, 0.15) is 37.0 Å². The van der Waals surface area contributed by atoms with E-state index in [1.807, 2.05) is 12.1 Å². The first-order valence-corrected chi connectivity index (χ1v) is 15.4. The second-order valence-corrected chi connectivity index (χ2v) is 9.23. The van der Waals surface area contributed by atoms with Crippen molar-refractivity contribution >= 4 is 17.6 Å². The van der Waals surface area contributed by atoms with Crippen LogP contribution in [0.15, 0.2) is 24.3 Å². The molecule has 1 rings (SSSR count). The van der Waals surface area contributed by atoms with Crippen LogP contribution >= 0.6 is 0 Å². The summed E-state index contributed by atoms with van der Waals surface area (Å²) in [6.07, 6.45) is 2.24. The maximum atomic E-state index is 12.1. The van der Waals surface area contributed by atoms with E-state index in [4.69, 9.17) is 47.4 Å². The normalized spacial score (nSPS) is 11.0. The van der Waals surface area contributed by atoms with Gasteiger partial charge in [0.05, 0.1) is 111 Å². The van der Waals surface area contributed by atoms with Gasteiger partial charge in [0, 0.05) is 19.2 Å². The van der Waals surface area contributed by atoms with Gasteiger partial charge >= 0.3 is 11.9 Å². The summed E-state index contributed by atoms with van der Waals surface area (Å²) in [5.41, 5.74) is 1.51. The van der Waals surface area contributed by atoms with Gasteiger partial charge in [-0.1, -0.05) is 13.3 Å². The molecule has 0 aliphatic rings. The minimum Gasteiger partial charge on any atom is -0.463 e. The first-order chi connectivity index (χ1) is 21.6. The second-order valence-electron chi connectivity index (χ2n) is 9.23. The number of hydrogen-bond acceptors (Lipinski definition) is 13. The zero-order valence-electron chi connectivity index (χ0n) is 26.6. The minimum atomic E-state index is -0.364. The van der Waals surface area contributed by atoms with Gasteiger partial charge in [0.1, 0.15) is 13.2 Å². The van der Waals surface area contributed by atoms with E-state index in [-0.39, 0.29) is 25.2 Å². The number of ether oxygens (including phenoxy) is 10. The molecule has 254 valence electrons. The highest BCUT2D eigenvalue weighted by atomic mass is 16.6. The van der Waals surface area contributed by atoms with Crippen LogP contribution in [-0.4, -0.2) is 137 Å². The molecule has 13 heteroatoms. The number of rotatable bonds is 32. The molecule has 0 unspecified atom stereocenters. The van der Waals surface area contributed by atoms with Crippen LogP contribution < -0.4 is 5.32 Å². The average Bonchev–Trinajstić information content (AvgIpc) is 3.02. The highest BCUT2D eigenvalue weighted by molar-refractivity contribution is 5.89. The summed E-state index contributed by atoms with van der Waals surface area (Å²) < 4.78 is 53.3. The van der Waals surface area contributed by atoms with Gasteiger partial charge in [-0.25, -0.2) is 4.79 Å². The smallest absolute Gasteiger partial charge is 0.338 e. The zero-order valence-corrected chi connectivity index (χ0v) is 26.6. The third kappa shape index (κ3) is 26.1. The first kappa shape index (κ1) is 39.7. The third-order valence-electron chi connectivity index (χ3n) is 5.58. The lowest BCUT2D eigenvalue weighted by Crippen LogP contribution is -2.15. The second kappa shape index (κ2) is 30.7. The first-order valence-electron chi connectivity index (χ1n) is 15.4. The van der Waals surface area contributed by atoms with Gasteiger partial charge in [0.15, 0.2) is 0 Å². The van der Waals surface area contributed by atoms with Crippen LogP contribution in [0.25, 0.3) is 0 Å². The molecule has 0 fully saturated rings. The van der Waals surface area contributed by atoms with Gasteiger partial charge in [-0.3, -0.25) is 4.79 Å². The Morgan fingerprint density at radius 1 is 0.523 bits per heavy atom. The van der Waals surface area contributed by atoms with E-state index in [0.717, 1.165) is 25.1 Å². The third-order valence-corrected chi connectivity index (χ3v) is 5.58. The van der Waals surface area contributed by atoms with Gasteiger partial charge in [0.25, 0.3) is 0 Å². The van der Waals surface area contributed by atoms with Crippen molar-refractivity contribution in [3.05, 3.63) is 29.8 Å². The maximum absolute atomic E-state index is 12.1. The number of hydrogen-bond donors (Lipinski definition) is 1. The number of carbonyl (C=O) groups is 2. The molecule has 0 spiro atoms. The quantitative estimate of drug-likeness (QED) is 0.0922. The van der Waals surface area contributed by atoms with Crippen LogP contribution in [0.3, 0.4) is 0 Å². The van der Waals surface area contributed by atoms with Gasteiger partial charge in [0.2, 0.25) is 0 Å². The SMILES string of the molecule is CCCCNc1ccc(C(=O)OCCOCCOCCOCCOCCOCCOCCOCCOCCOC(C)=O)cc1. The Kier molecular flexibility index (Phi) is 27.6. The standard InChI is InChI=1S/C31H53NO12/c1-3-4-9-32-30-7-5-29(6-8-30)31(34)44-27-25-42-23-21-40-19-17-38-15-13-36-11-10-35-12-14-37-16-18-39-20-22-41-24-26-43-28(2)33/h5-8,32H,3-4,9-27H2,1-2H3. The molecule has 0 atom stereocenters. The topological polar surface area (TPSA) is 138 Å². The largest absolute Gasteiger partial charge is 0.463 e. The fraction of sp³-hybridized carbons (Fsp3) is 0.742. The predicted octanol–water partition coefficient (Wildman–Crippen LogP) is 2.75. The molecule has 0 bridgehead atoms.